The second-order valence-corrected chi connectivity index (χ2v) is 8.70. The van der Waals surface area contributed by atoms with Crippen LogP contribution in [0, 0.1) is 19.7 Å². The second kappa shape index (κ2) is 10.0. The SMILES string of the molecule is Cc1ccc(CNC(=O)c2ccc(C)nc2C2CCN(Cc3ccccc3F)CC2)cc1. The van der Waals surface area contributed by atoms with E-state index in [2.05, 4.69) is 22.3 Å². The molecule has 1 N–H and O–H groups in total. The maximum absolute atomic E-state index is 14.0. The van der Waals surface area contributed by atoms with Gasteiger partial charge in [-0.15, -0.1) is 0 Å². The van der Waals surface area contributed by atoms with Crippen LogP contribution in [0.4, 0.5) is 4.39 Å². The van der Waals surface area contributed by atoms with Crippen molar-refractivity contribution in [2.75, 3.05) is 13.1 Å². The lowest BCUT2D eigenvalue weighted by Crippen LogP contribution is -2.34. The Morgan fingerprint density at radius 1 is 1.03 bits per heavy atom. The first kappa shape index (κ1) is 22.2. The molecule has 166 valence electrons. The van der Waals surface area contributed by atoms with Crippen LogP contribution in [0.1, 0.15) is 57.2 Å². The van der Waals surface area contributed by atoms with E-state index in [1.807, 2.05) is 50.2 Å². The molecule has 1 aromatic heterocycles. The molecule has 0 aliphatic carbocycles. The average molecular weight is 432 g/mol. The van der Waals surface area contributed by atoms with Crippen molar-refractivity contribution in [2.24, 2.45) is 0 Å². The summed E-state index contributed by atoms with van der Waals surface area (Å²) in [6.07, 6.45) is 1.81. The highest BCUT2D eigenvalue weighted by atomic mass is 19.1. The maximum atomic E-state index is 14.0. The zero-order valence-corrected chi connectivity index (χ0v) is 18.8. The number of carbonyl (C=O) groups excluding carboxylic acids is 1. The fourth-order valence-corrected chi connectivity index (χ4v) is 4.30. The first-order valence-corrected chi connectivity index (χ1v) is 11.3. The normalized spacial score (nSPS) is 15.0. The third-order valence-electron chi connectivity index (χ3n) is 6.21. The standard InChI is InChI=1S/C27H30FN3O/c1-19-7-10-21(11-8-19)17-29-27(32)24-12-9-20(2)30-26(24)22-13-15-31(16-14-22)18-23-5-3-4-6-25(23)28/h3-12,22H,13-18H2,1-2H3,(H,29,32). The van der Waals surface area contributed by atoms with Crippen LogP contribution in [-0.4, -0.2) is 28.9 Å². The molecule has 2 heterocycles. The third-order valence-corrected chi connectivity index (χ3v) is 6.21. The molecule has 1 amide bonds. The van der Waals surface area contributed by atoms with Crippen molar-refractivity contribution in [3.8, 4) is 0 Å². The second-order valence-electron chi connectivity index (χ2n) is 8.70. The van der Waals surface area contributed by atoms with Gasteiger partial charge in [-0.05, 0) is 63.5 Å². The van der Waals surface area contributed by atoms with Crippen molar-refractivity contribution in [1.29, 1.82) is 0 Å². The van der Waals surface area contributed by atoms with E-state index in [1.54, 1.807) is 6.07 Å². The summed E-state index contributed by atoms with van der Waals surface area (Å²) >= 11 is 0. The van der Waals surface area contributed by atoms with Gasteiger partial charge < -0.3 is 5.32 Å². The minimum Gasteiger partial charge on any atom is -0.348 e. The van der Waals surface area contributed by atoms with Crippen molar-refractivity contribution in [2.45, 2.75) is 45.7 Å². The highest BCUT2D eigenvalue weighted by Crippen LogP contribution is 2.30. The topological polar surface area (TPSA) is 45.2 Å². The zero-order valence-electron chi connectivity index (χ0n) is 18.8. The Labute approximate surface area is 189 Å². The van der Waals surface area contributed by atoms with Gasteiger partial charge in [0.1, 0.15) is 5.82 Å². The number of nitrogens with zero attached hydrogens (tertiary/aromatic N) is 2. The van der Waals surface area contributed by atoms with E-state index in [0.29, 0.717) is 18.7 Å². The number of rotatable bonds is 6. The molecule has 0 unspecified atom stereocenters. The van der Waals surface area contributed by atoms with Crippen molar-refractivity contribution < 1.29 is 9.18 Å². The molecule has 2 aromatic carbocycles. The predicted octanol–water partition coefficient (Wildman–Crippen LogP) is 5.15. The summed E-state index contributed by atoms with van der Waals surface area (Å²) < 4.78 is 14.0. The molecular weight excluding hydrogens is 401 g/mol. The third kappa shape index (κ3) is 5.40. The van der Waals surface area contributed by atoms with E-state index in [-0.39, 0.29) is 17.6 Å². The number of halogens is 1. The highest BCUT2D eigenvalue weighted by molar-refractivity contribution is 5.95. The van der Waals surface area contributed by atoms with Gasteiger partial charge in [-0.3, -0.25) is 14.7 Å². The van der Waals surface area contributed by atoms with Gasteiger partial charge >= 0.3 is 0 Å². The monoisotopic (exact) mass is 431 g/mol. The number of likely N-dealkylation sites (tertiary alicyclic amines) is 1. The summed E-state index contributed by atoms with van der Waals surface area (Å²) in [4.78, 5) is 20.0. The number of hydrogen-bond donors (Lipinski definition) is 1. The van der Waals surface area contributed by atoms with Gasteiger partial charge in [-0.1, -0.05) is 48.0 Å². The Balaban J connectivity index is 1.41. The van der Waals surface area contributed by atoms with Crippen molar-refractivity contribution in [3.63, 3.8) is 0 Å². The van der Waals surface area contributed by atoms with Crippen LogP contribution in [0.5, 0.6) is 0 Å². The van der Waals surface area contributed by atoms with Crippen LogP contribution < -0.4 is 5.32 Å². The van der Waals surface area contributed by atoms with E-state index in [1.165, 1.54) is 11.6 Å². The van der Waals surface area contributed by atoms with Gasteiger partial charge in [0, 0.05) is 30.3 Å². The number of aryl methyl sites for hydroxylation is 2. The Hall–Kier alpha value is -3.05. The van der Waals surface area contributed by atoms with Gasteiger partial charge in [-0.2, -0.15) is 0 Å². The number of aromatic nitrogens is 1. The van der Waals surface area contributed by atoms with Crippen LogP contribution in [0.25, 0.3) is 0 Å². The number of nitrogens with one attached hydrogen (secondary N) is 1. The molecule has 1 aliphatic rings. The van der Waals surface area contributed by atoms with Crippen molar-refractivity contribution in [3.05, 3.63) is 100 Å². The number of pyridine rings is 1. The van der Waals surface area contributed by atoms with Gasteiger partial charge in [0.15, 0.2) is 0 Å². The number of amides is 1. The molecule has 1 fully saturated rings. The van der Waals surface area contributed by atoms with Crippen molar-refractivity contribution >= 4 is 5.91 Å². The molecule has 3 aromatic rings. The Morgan fingerprint density at radius 2 is 1.75 bits per heavy atom. The lowest BCUT2D eigenvalue weighted by atomic mass is 9.89. The van der Waals surface area contributed by atoms with Crippen LogP contribution in [0.3, 0.4) is 0 Å². The lowest BCUT2D eigenvalue weighted by molar-refractivity contribution is 0.0948. The Kier molecular flexibility index (Phi) is 6.96. The molecule has 32 heavy (non-hydrogen) atoms. The van der Waals surface area contributed by atoms with Crippen LogP contribution in [0.15, 0.2) is 60.7 Å². The largest absolute Gasteiger partial charge is 0.348 e. The molecule has 0 radical (unpaired) electrons. The lowest BCUT2D eigenvalue weighted by Gasteiger charge is -2.32. The Bertz CT molecular complexity index is 1070. The Morgan fingerprint density at radius 3 is 2.47 bits per heavy atom. The molecule has 4 nitrogen and oxygen atoms in total. The summed E-state index contributed by atoms with van der Waals surface area (Å²) in [5, 5.41) is 3.05. The highest BCUT2D eigenvalue weighted by Gasteiger charge is 2.26. The van der Waals surface area contributed by atoms with Gasteiger partial charge in [0.25, 0.3) is 5.91 Å². The van der Waals surface area contributed by atoms with Gasteiger partial charge in [0.2, 0.25) is 0 Å². The first-order chi connectivity index (χ1) is 15.5. The number of benzene rings is 2. The fraction of sp³-hybridized carbons (Fsp3) is 0.333. The zero-order chi connectivity index (χ0) is 22.5. The summed E-state index contributed by atoms with van der Waals surface area (Å²) in [6.45, 7) is 6.84. The van der Waals surface area contributed by atoms with E-state index in [9.17, 15) is 9.18 Å². The predicted molar refractivity (Wildman–Crippen MR) is 125 cm³/mol. The van der Waals surface area contributed by atoms with Gasteiger partial charge in [-0.25, -0.2) is 4.39 Å². The maximum Gasteiger partial charge on any atom is 0.253 e. The quantitative estimate of drug-likeness (QED) is 0.587. The summed E-state index contributed by atoms with van der Waals surface area (Å²) in [7, 11) is 0. The van der Waals surface area contributed by atoms with Crippen LogP contribution >= 0.6 is 0 Å². The minimum absolute atomic E-state index is 0.0816. The van der Waals surface area contributed by atoms with Gasteiger partial charge in [0.05, 0.1) is 11.3 Å². The molecule has 4 rings (SSSR count). The number of piperidine rings is 1. The smallest absolute Gasteiger partial charge is 0.253 e. The molecule has 1 aliphatic heterocycles. The first-order valence-electron chi connectivity index (χ1n) is 11.3. The molecular formula is C27H30FN3O. The summed E-state index contributed by atoms with van der Waals surface area (Å²) in [5.41, 5.74) is 5.48. The average Bonchev–Trinajstić information content (AvgIpc) is 2.80. The summed E-state index contributed by atoms with van der Waals surface area (Å²) in [5.74, 6) is -0.00346. The minimum atomic E-state index is -0.150. The molecule has 1 saturated heterocycles. The van der Waals surface area contributed by atoms with Crippen LogP contribution in [-0.2, 0) is 13.1 Å². The van der Waals surface area contributed by atoms with E-state index < -0.39 is 0 Å². The molecule has 0 saturated carbocycles. The molecule has 0 spiro atoms. The molecule has 0 bridgehead atoms. The molecule has 0 atom stereocenters. The van der Waals surface area contributed by atoms with E-state index in [4.69, 9.17) is 4.98 Å². The summed E-state index contributed by atoms with van der Waals surface area (Å²) in [6, 6.07) is 18.9. The van der Waals surface area contributed by atoms with E-state index >= 15 is 0 Å². The number of carbonyl (C=O) groups is 1. The molecule has 5 heteroatoms. The van der Waals surface area contributed by atoms with Crippen molar-refractivity contribution in [1.82, 2.24) is 15.2 Å². The fourth-order valence-electron chi connectivity index (χ4n) is 4.30. The van der Waals surface area contributed by atoms with E-state index in [0.717, 1.165) is 48.4 Å². The van der Waals surface area contributed by atoms with Crippen LogP contribution in [0.2, 0.25) is 0 Å². The number of hydrogen-bond acceptors (Lipinski definition) is 3.